The number of hydrogen-bond acceptors (Lipinski definition) is 5. The Labute approximate surface area is 203 Å². The van der Waals surface area contributed by atoms with Crippen LogP contribution in [0.5, 0.6) is 0 Å². The van der Waals surface area contributed by atoms with E-state index in [-0.39, 0.29) is 47.1 Å². The Bertz CT molecular complexity index is 1420. The molecule has 0 saturated heterocycles. The van der Waals surface area contributed by atoms with E-state index in [1.807, 2.05) is 0 Å². The second kappa shape index (κ2) is 9.90. The van der Waals surface area contributed by atoms with Crippen LogP contribution in [0.15, 0.2) is 65.2 Å². The molecule has 1 heterocycles. The normalized spacial score (nSPS) is 11.8. The number of aryl methyl sites for hydroxylation is 1. The van der Waals surface area contributed by atoms with Crippen molar-refractivity contribution in [2.24, 2.45) is 0 Å². The van der Waals surface area contributed by atoms with Crippen molar-refractivity contribution in [3.05, 3.63) is 83.2 Å². The summed E-state index contributed by atoms with van der Waals surface area (Å²) in [5, 5.41) is 12.6. The maximum atomic E-state index is 14.6. The maximum absolute atomic E-state index is 14.6. The quantitative estimate of drug-likeness (QED) is 0.312. The number of rotatable bonds is 7. The zero-order valence-electron chi connectivity index (χ0n) is 19.3. The van der Waals surface area contributed by atoms with Crippen molar-refractivity contribution >= 4 is 5.97 Å². The summed E-state index contributed by atoms with van der Waals surface area (Å²) in [6.45, 7) is 1.56. The monoisotopic (exact) mass is 499 g/mol. The van der Waals surface area contributed by atoms with Crippen molar-refractivity contribution < 1.29 is 32.0 Å². The van der Waals surface area contributed by atoms with Crippen molar-refractivity contribution in [3.63, 3.8) is 0 Å². The zero-order valence-corrected chi connectivity index (χ0v) is 19.3. The van der Waals surface area contributed by atoms with Crippen LogP contribution in [-0.4, -0.2) is 39.7 Å². The molecule has 3 aromatic carbocycles. The summed E-state index contributed by atoms with van der Waals surface area (Å²) in [7, 11) is 1.55. The molecule has 0 aliphatic heterocycles. The first-order valence-corrected chi connectivity index (χ1v) is 10.8. The van der Waals surface area contributed by atoms with Crippen molar-refractivity contribution in [1.82, 2.24) is 15.0 Å². The molecule has 0 aliphatic rings. The largest absolute Gasteiger partial charge is 0.480 e. The summed E-state index contributed by atoms with van der Waals surface area (Å²) in [6, 6.07) is 14.8. The minimum atomic E-state index is -4.62. The number of likely N-dealkylation sites (N-methyl/N-ethyl adjacent to an activating group) is 1. The number of benzene rings is 3. The van der Waals surface area contributed by atoms with Crippen LogP contribution in [0.2, 0.25) is 0 Å². The molecule has 0 unspecified atom stereocenters. The second-order valence-electron chi connectivity index (χ2n) is 8.37. The van der Waals surface area contributed by atoms with Crippen LogP contribution in [0.4, 0.5) is 17.6 Å². The molecule has 1 N–H and O–H groups in total. The SMILES string of the molecule is Cc1ccccc1-c1ccc(-c2nc(-c3ccc(CN(C)CC(=O)O)c(F)c3)no2)cc1C(F)(F)F. The Hall–Kier alpha value is -4.05. The van der Waals surface area contributed by atoms with Gasteiger partial charge < -0.3 is 9.63 Å². The van der Waals surface area contributed by atoms with E-state index in [9.17, 15) is 22.4 Å². The van der Waals surface area contributed by atoms with E-state index in [1.54, 1.807) is 38.2 Å². The van der Waals surface area contributed by atoms with E-state index in [4.69, 9.17) is 9.63 Å². The predicted molar refractivity (Wildman–Crippen MR) is 124 cm³/mol. The number of aromatic nitrogens is 2. The van der Waals surface area contributed by atoms with Gasteiger partial charge in [0.1, 0.15) is 5.82 Å². The molecular formula is C26H21F4N3O3. The molecule has 1 aromatic heterocycles. The van der Waals surface area contributed by atoms with Gasteiger partial charge in [-0.25, -0.2) is 4.39 Å². The Morgan fingerprint density at radius 1 is 1.03 bits per heavy atom. The highest BCUT2D eigenvalue weighted by molar-refractivity contribution is 5.74. The molecule has 36 heavy (non-hydrogen) atoms. The fourth-order valence-corrected chi connectivity index (χ4v) is 3.87. The van der Waals surface area contributed by atoms with Gasteiger partial charge in [-0.05, 0) is 48.9 Å². The van der Waals surface area contributed by atoms with Gasteiger partial charge >= 0.3 is 12.1 Å². The summed E-state index contributed by atoms with van der Waals surface area (Å²) in [5.41, 5.74) is 0.977. The molecule has 0 bridgehead atoms. The van der Waals surface area contributed by atoms with Gasteiger partial charge in [0.25, 0.3) is 5.89 Å². The van der Waals surface area contributed by atoms with E-state index < -0.39 is 23.5 Å². The smallest absolute Gasteiger partial charge is 0.417 e. The van der Waals surface area contributed by atoms with Crippen LogP contribution in [0.3, 0.4) is 0 Å². The Morgan fingerprint density at radius 3 is 2.42 bits per heavy atom. The standard InChI is InChI=1S/C26H21F4N3O3/c1-15-5-3-4-6-19(15)20-10-9-17(11-21(20)26(28,29)30)25-31-24(32-36-25)16-7-8-18(22(27)12-16)13-33(2)14-23(34)35/h3-12H,13-14H2,1-2H3,(H,34,35). The summed E-state index contributed by atoms with van der Waals surface area (Å²) < 4.78 is 61.6. The number of aliphatic carboxylic acids is 1. The number of halogens is 4. The molecule has 10 heteroatoms. The van der Waals surface area contributed by atoms with Crippen molar-refractivity contribution in [2.45, 2.75) is 19.6 Å². The lowest BCUT2D eigenvalue weighted by molar-refractivity contribution is -0.138. The lowest BCUT2D eigenvalue weighted by atomic mass is 9.94. The molecule has 6 nitrogen and oxygen atoms in total. The summed E-state index contributed by atoms with van der Waals surface area (Å²) >= 11 is 0. The highest BCUT2D eigenvalue weighted by atomic mass is 19.4. The number of carboxylic acid groups (broad SMARTS) is 1. The number of nitrogens with zero attached hydrogens (tertiary/aromatic N) is 3. The molecule has 0 amide bonds. The number of carboxylic acids is 1. The van der Waals surface area contributed by atoms with Gasteiger partial charge in [0.2, 0.25) is 5.82 Å². The average molecular weight is 499 g/mol. The lowest BCUT2D eigenvalue weighted by Crippen LogP contribution is -2.25. The summed E-state index contributed by atoms with van der Waals surface area (Å²) in [5.74, 6) is -1.77. The lowest BCUT2D eigenvalue weighted by Gasteiger charge is -2.15. The first kappa shape index (κ1) is 25.1. The Balaban J connectivity index is 1.64. The molecule has 4 rings (SSSR count). The third-order valence-electron chi connectivity index (χ3n) is 5.59. The van der Waals surface area contributed by atoms with Crippen LogP contribution in [0.1, 0.15) is 16.7 Å². The minimum Gasteiger partial charge on any atom is -0.480 e. The first-order valence-electron chi connectivity index (χ1n) is 10.8. The van der Waals surface area contributed by atoms with E-state index in [1.165, 1.54) is 35.2 Å². The average Bonchev–Trinajstić information content (AvgIpc) is 3.30. The van der Waals surface area contributed by atoms with Crippen molar-refractivity contribution in [1.29, 1.82) is 0 Å². The zero-order chi connectivity index (χ0) is 26.0. The van der Waals surface area contributed by atoms with Crippen LogP contribution in [-0.2, 0) is 17.5 Å². The minimum absolute atomic E-state index is 0.00544. The van der Waals surface area contributed by atoms with Gasteiger partial charge in [-0.15, -0.1) is 0 Å². The summed E-state index contributed by atoms with van der Waals surface area (Å²) in [4.78, 5) is 16.4. The van der Waals surface area contributed by atoms with Crippen LogP contribution in [0, 0.1) is 12.7 Å². The Kier molecular flexibility index (Phi) is 6.89. The molecule has 0 spiro atoms. The van der Waals surface area contributed by atoms with Crippen molar-refractivity contribution in [3.8, 4) is 34.0 Å². The third kappa shape index (κ3) is 5.44. The maximum Gasteiger partial charge on any atom is 0.417 e. The Morgan fingerprint density at radius 2 is 1.75 bits per heavy atom. The molecule has 4 aromatic rings. The molecule has 0 saturated carbocycles. The van der Waals surface area contributed by atoms with E-state index in [0.29, 0.717) is 11.1 Å². The third-order valence-corrected chi connectivity index (χ3v) is 5.59. The van der Waals surface area contributed by atoms with Crippen LogP contribution >= 0.6 is 0 Å². The van der Waals surface area contributed by atoms with Crippen LogP contribution < -0.4 is 0 Å². The van der Waals surface area contributed by atoms with E-state index >= 15 is 0 Å². The highest BCUT2D eigenvalue weighted by Gasteiger charge is 2.34. The summed E-state index contributed by atoms with van der Waals surface area (Å²) in [6.07, 6.45) is -4.62. The van der Waals surface area contributed by atoms with Gasteiger partial charge in [0.05, 0.1) is 12.1 Å². The molecule has 0 atom stereocenters. The first-order chi connectivity index (χ1) is 17.0. The molecule has 186 valence electrons. The predicted octanol–water partition coefficient (Wildman–Crippen LogP) is 6.05. The highest BCUT2D eigenvalue weighted by Crippen LogP contribution is 2.40. The molecule has 0 radical (unpaired) electrons. The number of carbonyl (C=O) groups is 1. The molecule has 0 fully saturated rings. The van der Waals surface area contributed by atoms with E-state index in [2.05, 4.69) is 10.1 Å². The fourth-order valence-electron chi connectivity index (χ4n) is 3.87. The topological polar surface area (TPSA) is 79.5 Å². The number of alkyl halides is 3. The van der Waals surface area contributed by atoms with Crippen molar-refractivity contribution in [2.75, 3.05) is 13.6 Å². The van der Waals surface area contributed by atoms with Gasteiger partial charge in [-0.3, -0.25) is 9.69 Å². The van der Waals surface area contributed by atoms with Gasteiger partial charge in [-0.1, -0.05) is 47.6 Å². The second-order valence-corrected chi connectivity index (χ2v) is 8.37. The molecule has 0 aliphatic carbocycles. The van der Waals surface area contributed by atoms with E-state index in [0.717, 1.165) is 6.07 Å². The van der Waals surface area contributed by atoms with Gasteiger partial charge in [0.15, 0.2) is 0 Å². The molecular weight excluding hydrogens is 478 g/mol. The fraction of sp³-hybridized carbons (Fsp3) is 0.192. The van der Waals surface area contributed by atoms with Gasteiger partial charge in [0, 0.05) is 23.2 Å². The van der Waals surface area contributed by atoms with Gasteiger partial charge in [-0.2, -0.15) is 18.2 Å². The van der Waals surface area contributed by atoms with Crippen LogP contribution in [0.25, 0.3) is 34.0 Å². The number of hydrogen-bond donors (Lipinski definition) is 1.